The van der Waals surface area contributed by atoms with Gasteiger partial charge < -0.3 is 10.4 Å². The maximum Gasteiger partial charge on any atom is 0.325 e. The minimum atomic E-state index is -1.07. The molecule has 10 heteroatoms. The predicted molar refractivity (Wildman–Crippen MR) is 91.8 cm³/mol. The fourth-order valence-electron chi connectivity index (χ4n) is 2.54. The van der Waals surface area contributed by atoms with Crippen LogP contribution in [0.3, 0.4) is 0 Å². The quantitative estimate of drug-likeness (QED) is 0.651. The highest BCUT2D eigenvalue weighted by Gasteiger charge is 2.15. The Morgan fingerprint density at radius 3 is 2.73 bits per heavy atom. The molecule has 26 heavy (non-hydrogen) atoms. The van der Waals surface area contributed by atoms with Gasteiger partial charge in [0.25, 0.3) is 5.91 Å². The Morgan fingerprint density at radius 2 is 2.04 bits per heavy atom. The van der Waals surface area contributed by atoms with Crippen LogP contribution in [-0.4, -0.2) is 46.3 Å². The SMILES string of the molecule is CCn1cc(Cn2cc(NC(=O)c3ccnn3CC(=O)O)cn2)c(C)n1. The second kappa shape index (κ2) is 7.21. The second-order valence-electron chi connectivity index (χ2n) is 5.74. The molecule has 0 fully saturated rings. The van der Waals surface area contributed by atoms with Crippen molar-refractivity contribution < 1.29 is 14.7 Å². The van der Waals surface area contributed by atoms with Crippen molar-refractivity contribution >= 4 is 17.6 Å². The summed E-state index contributed by atoms with van der Waals surface area (Å²) in [6.07, 6.45) is 6.60. The number of carbonyl (C=O) groups is 2. The summed E-state index contributed by atoms with van der Waals surface area (Å²) >= 11 is 0. The molecule has 3 rings (SSSR count). The minimum Gasteiger partial charge on any atom is -0.480 e. The van der Waals surface area contributed by atoms with E-state index in [4.69, 9.17) is 5.11 Å². The fourth-order valence-corrected chi connectivity index (χ4v) is 2.54. The van der Waals surface area contributed by atoms with E-state index in [1.54, 1.807) is 10.9 Å². The number of aliphatic carboxylic acids is 1. The number of aryl methyl sites for hydroxylation is 2. The van der Waals surface area contributed by atoms with E-state index < -0.39 is 11.9 Å². The van der Waals surface area contributed by atoms with Crippen LogP contribution in [0.25, 0.3) is 0 Å². The van der Waals surface area contributed by atoms with Crippen LogP contribution in [0.5, 0.6) is 0 Å². The van der Waals surface area contributed by atoms with Crippen LogP contribution in [0.1, 0.15) is 28.7 Å². The molecule has 3 aromatic rings. The summed E-state index contributed by atoms with van der Waals surface area (Å²) in [4.78, 5) is 23.1. The van der Waals surface area contributed by atoms with Crippen LogP contribution in [0.4, 0.5) is 5.69 Å². The summed E-state index contributed by atoms with van der Waals surface area (Å²) in [6, 6.07) is 1.46. The molecule has 0 spiro atoms. The molecule has 0 bridgehead atoms. The summed E-state index contributed by atoms with van der Waals surface area (Å²) < 4.78 is 4.69. The minimum absolute atomic E-state index is 0.167. The first-order valence-electron chi connectivity index (χ1n) is 8.06. The highest BCUT2D eigenvalue weighted by atomic mass is 16.4. The molecule has 0 radical (unpaired) electrons. The number of amides is 1. The van der Waals surface area contributed by atoms with Crippen LogP contribution >= 0.6 is 0 Å². The van der Waals surface area contributed by atoms with E-state index in [0.29, 0.717) is 12.2 Å². The molecule has 2 N–H and O–H groups in total. The van der Waals surface area contributed by atoms with Crippen LogP contribution < -0.4 is 5.32 Å². The van der Waals surface area contributed by atoms with Gasteiger partial charge in [-0.05, 0) is 19.9 Å². The third-order valence-corrected chi connectivity index (χ3v) is 3.83. The predicted octanol–water partition coefficient (Wildman–Crippen LogP) is 0.990. The van der Waals surface area contributed by atoms with E-state index in [9.17, 15) is 9.59 Å². The Morgan fingerprint density at radius 1 is 1.23 bits per heavy atom. The lowest BCUT2D eigenvalue weighted by Crippen LogP contribution is -2.20. The van der Waals surface area contributed by atoms with Gasteiger partial charge in [-0.1, -0.05) is 0 Å². The highest BCUT2D eigenvalue weighted by molar-refractivity contribution is 6.03. The molecule has 0 unspecified atom stereocenters. The number of nitrogens with one attached hydrogen (secondary N) is 1. The van der Waals surface area contributed by atoms with Gasteiger partial charge in [-0.25, -0.2) is 4.68 Å². The number of aromatic nitrogens is 6. The van der Waals surface area contributed by atoms with Gasteiger partial charge in [-0.15, -0.1) is 0 Å². The number of carboxylic acids is 1. The van der Waals surface area contributed by atoms with Crippen molar-refractivity contribution in [2.24, 2.45) is 0 Å². The molecule has 0 aliphatic heterocycles. The van der Waals surface area contributed by atoms with Crippen molar-refractivity contribution in [1.82, 2.24) is 29.3 Å². The van der Waals surface area contributed by atoms with Gasteiger partial charge >= 0.3 is 5.97 Å². The lowest BCUT2D eigenvalue weighted by Gasteiger charge is -2.05. The van der Waals surface area contributed by atoms with Gasteiger partial charge in [0, 0.05) is 30.7 Å². The number of carbonyl (C=O) groups excluding carboxylic acids is 1. The first-order chi connectivity index (χ1) is 12.5. The zero-order valence-corrected chi connectivity index (χ0v) is 14.5. The lowest BCUT2D eigenvalue weighted by atomic mass is 10.3. The molecule has 0 aromatic carbocycles. The first-order valence-corrected chi connectivity index (χ1v) is 8.06. The standard InChI is InChI=1S/C16H19N7O3/c1-3-21-7-12(11(2)20-21)8-22-9-13(6-18-22)19-16(26)14-4-5-17-23(14)10-15(24)25/h4-7,9H,3,8,10H2,1-2H3,(H,19,26)(H,24,25). The Labute approximate surface area is 149 Å². The Balaban J connectivity index is 1.68. The Kier molecular flexibility index (Phi) is 4.83. The van der Waals surface area contributed by atoms with Gasteiger partial charge in [0.1, 0.15) is 12.2 Å². The second-order valence-corrected chi connectivity index (χ2v) is 5.74. The van der Waals surface area contributed by atoms with Gasteiger partial charge in [-0.2, -0.15) is 15.3 Å². The Bertz CT molecular complexity index is 937. The van der Waals surface area contributed by atoms with Crippen LogP contribution in [0.15, 0.2) is 30.9 Å². The van der Waals surface area contributed by atoms with Crippen molar-refractivity contribution in [3.8, 4) is 0 Å². The summed E-state index contributed by atoms with van der Waals surface area (Å²) in [5, 5.41) is 24.0. The van der Waals surface area contributed by atoms with Crippen LogP contribution in [-0.2, 0) is 24.4 Å². The van der Waals surface area contributed by atoms with E-state index in [1.807, 2.05) is 24.7 Å². The smallest absolute Gasteiger partial charge is 0.325 e. The Hall–Kier alpha value is -3.43. The number of hydrogen-bond donors (Lipinski definition) is 2. The number of carboxylic acid groups (broad SMARTS) is 1. The molecule has 0 saturated carbocycles. The van der Waals surface area contributed by atoms with Crippen molar-refractivity contribution in [1.29, 1.82) is 0 Å². The molecule has 0 saturated heterocycles. The third-order valence-electron chi connectivity index (χ3n) is 3.83. The average Bonchev–Trinajstić information content (AvgIpc) is 3.29. The largest absolute Gasteiger partial charge is 0.480 e. The summed E-state index contributed by atoms with van der Waals surface area (Å²) in [5.41, 5.74) is 2.66. The molecular formula is C16H19N7O3. The topological polar surface area (TPSA) is 120 Å². The van der Waals surface area contributed by atoms with Crippen LogP contribution in [0.2, 0.25) is 0 Å². The number of hydrogen-bond acceptors (Lipinski definition) is 5. The van der Waals surface area contributed by atoms with Gasteiger partial charge in [-0.3, -0.25) is 19.0 Å². The van der Waals surface area contributed by atoms with E-state index in [1.165, 1.54) is 18.5 Å². The molecule has 0 aliphatic rings. The highest BCUT2D eigenvalue weighted by Crippen LogP contribution is 2.12. The number of anilines is 1. The van der Waals surface area contributed by atoms with Gasteiger partial charge in [0.05, 0.1) is 24.1 Å². The van der Waals surface area contributed by atoms with E-state index in [-0.39, 0.29) is 12.2 Å². The summed E-state index contributed by atoms with van der Waals surface area (Å²) in [5.74, 6) is -1.52. The van der Waals surface area contributed by atoms with E-state index >= 15 is 0 Å². The average molecular weight is 357 g/mol. The molecule has 0 aliphatic carbocycles. The van der Waals surface area contributed by atoms with Gasteiger partial charge in [0.15, 0.2) is 0 Å². The van der Waals surface area contributed by atoms with E-state index in [2.05, 4.69) is 20.6 Å². The number of nitrogens with zero attached hydrogens (tertiary/aromatic N) is 6. The van der Waals surface area contributed by atoms with E-state index in [0.717, 1.165) is 22.5 Å². The van der Waals surface area contributed by atoms with Crippen LogP contribution in [0, 0.1) is 6.92 Å². The van der Waals surface area contributed by atoms with Crippen molar-refractivity contribution in [2.75, 3.05) is 5.32 Å². The molecule has 10 nitrogen and oxygen atoms in total. The fraction of sp³-hybridized carbons (Fsp3) is 0.312. The van der Waals surface area contributed by atoms with Crippen molar-refractivity contribution in [2.45, 2.75) is 33.5 Å². The summed E-state index contributed by atoms with van der Waals surface area (Å²) in [6.45, 7) is 4.92. The first kappa shape index (κ1) is 17.4. The van der Waals surface area contributed by atoms with Gasteiger partial charge in [0.2, 0.25) is 0 Å². The third kappa shape index (κ3) is 3.79. The lowest BCUT2D eigenvalue weighted by molar-refractivity contribution is -0.137. The molecule has 0 atom stereocenters. The maximum absolute atomic E-state index is 12.3. The maximum atomic E-state index is 12.3. The zero-order chi connectivity index (χ0) is 18.7. The normalized spacial score (nSPS) is 10.8. The molecule has 3 aromatic heterocycles. The number of rotatable bonds is 7. The molecule has 3 heterocycles. The molecule has 136 valence electrons. The zero-order valence-electron chi connectivity index (χ0n) is 14.5. The van der Waals surface area contributed by atoms with Crippen molar-refractivity contribution in [3.63, 3.8) is 0 Å². The molecule has 1 amide bonds. The van der Waals surface area contributed by atoms with Crippen molar-refractivity contribution in [3.05, 3.63) is 47.8 Å². The monoisotopic (exact) mass is 357 g/mol. The summed E-state index contributed by atoms with van der Waals surface area (Å²) in [7, 11) is 0. The molecular weight excluding hydrogens is 338 g/mol.